The molecule has 28 heavy (non-hydrogen) atoms. The van der Waals surface area contributed by atoms with Crippen LogP contribution in [0.3, 0.4) is 0 Å². The van der Waals surface area contributed by atoms with Crippen LogP contribution in [-0.4, -0.2) is 27.6 Å². The van der Waals surface area contributed by atoms with E-state index < -0.39 is 0 Å². The van der Waals surface area contributed by atoms with Gasteiger partial charge in [0.05, 0.1) is 4.91 Å². The third-order valence-corrected chi connectivity index (χ3v) is 5.54. The van der Waals surface area contributed by atoms with Crippen LogP contribution in [0.25, 0.3) is 6.08 Å². The number of carbonyl (C=O) groups is 2. The molecule has 0 aliphatic carbocycles. The second-order valence-corrected chi connectivity index (χ2v) is 7.93. The van der Waals surface area contributed by atoms with Crippen molar-refractivity contribution in [2.45, 2.75) is 19.4 Å². The third kappa shape index (κ3) is 5.50. The Hall–Kier alpha value is -2.51. The molecule has 0 unspecified atom stereocenters. The molecule has 0 bridgehead atoms. The topological polar surface area (TPSA) is 49.4 Å². The summed E-state index contributed by atoms with van der Waals surface area (Å²) in [5, 5.41) is 2.87. The molecule has 3 rings (SSSR count). The van der Waals surface area contributed by atoms with Gasteiger partial charge in [-0.05, 0) is 35.8 Å². The number of thiocarbonyl (C=S) groups is 1. The largest absolute Gasteiger partial charge is 0.352 e. The third-order valence-electron chi connectivity index (χ3n) is 4.16. The summed E-state index contributed by atoms with van der Waals surface area (Å²) < 4.78 is 13.5. The molecule has 0 radical (unpaired) electrons. The number of nitrogens with one attached hydrogen (secondary N) is 1. The van der Waals surface area contributed by atoms with Crippen LogP contribution < -0.4 is 5.32 Å². The van der Waals surface area contributed by atoms with Gasteiger partial charge in [0.15, 0.2) is 0 Å². The molecule has 0 aromatic heterocycles. The van der Waals surface area contributed by atoms with Crippen LogP contribution in [0.4, 0.5) is 4.39 Å². The first kappa shape index (κ1) is 20.2. The van der Waals surface area contributed by atoms with E-state index in [4.69, 9.17) is 12.2 Å². The molecule has 1 aliphatic heterocycles. The minimum atomic E-state index is -0.324. The SMILES string of the molecule is O=C(CCCN1C(=O)/C(=C/c2ccc(F)cc2)SC1=S)NCc1ccccc1. The molecule has 144 valence electrons. The second kappa shape index (κ2) is 9.61. The number of halogens is 1. The van der Waals surface area contributed by atoms with E-state index in [1.165, 1.54) is 28.8 Å². The molecule has 0 spiro atoms. The quantitative estimate of drug-likeness (QED) is 0.547. The number of thioether (sulfide) groups is 1. The van der Waals surface area contributed by atoms with Crippen molar-refractivity contribution in [2.24, 2.45) is 0 Å². The van der Waals surface area contributed by atoms with Gasteiger partial charge in [0.2, 0.25) is 5.91 Å². The van der Waals surface area contributed by atoms with E-state index in [1.807, 2.05) is 30.3 Å². The van der Waals surface area contributed by atoms with Crippen molar-refractivity contribution < 1.29 is 14.0 Å². The molecule has 7 heteroatoms. The number of hydrogen-bond donors (Lipinski definition) is 1. The Morgan fingerprint density at radius 1 is 1.14 bits per heavy atom. The molecule has 0 saturated carbocycles. The highest BCUT2D eigenvalue weighted by molar-refractivity contribution is 8.26. The standard InChI is InChI=1S/C21H19FN2O2S2/c22-17-10-8-15(9-11-17)13-18-20(26)24(21(27)28-18)12-4-7-19(25)23-14-16-5-2-1-3-6-16/h1-3,5-6,8-11,13H,4,7,12,14H2,(H,23,25)/b18-13-. The Balaban J connectivity index is 1.48. The second-order valence-electron chi connectivity index (χ2n) is 6.25. The molecule has 2 aromatic carbocycles. The summed E-state index contributed by atoms with van der Waals surface area (Å²) in [4.78, 5) is 26.6. The van der Waals surface area contributed by atoms with Crippen molar-refractivity contribution in [1.82, 2.24) is 10.2 Å². The number of hydrogen-bond acceptors (Lipinski definition) is 4. The average Bonchev–Trinajstić information content (AvgIpc) is 2.96. The highest BCUT2D eigenvalue weighted by Crippen LogP contribution is 2.32. The fraction of sp³-hybridized carbons (Fsp3) is 0.190. The maximum Gasteiger partial charge on any atom is 0.266 e. The normalized spacial score (nSPS) is 15.3. The molecule has 0 atom stereocenters. The van der Waals surface area contributed by atoms with E-state index in [0.717, 1.165) is 11.1 Å². The Morgan fingerprint density at radius 2 is 1.86 bits per heavy atom. The van der Waals surface area contributed by atoms with Crippen LogP contribution in [0.1, 0.15) is 24.0 Å². The lowest BCUT2D eigenvalue weighted by atomic mass is 10.2. The van der Waals surface area contributed by atoms with E-state index in [1.54, 1.807) is 18.2 Å². The lowest BCUT2D eigenvalue weighted by Gasteiger charge is -2.14. The van der Waals surface area contributed by atoms with Gasteiger partial charge in [0.25, 0.3) is 5.91 Å². The van der Waals surface area contributed by atoms with E-state index in [-0.39, 0.29) is 17.6 Å². The molecule has 1 aliphatic rings. The lowest BCUT2D eigenvalue weighted by molar-refractivity contribution is -0.124. The van der Waals surface area contributed by atoms with Gasteiger partial charge in [-0.2, -0.15) is 0 Å². The van der Waals surface area contributed by atoms with Crippen molar-refractivity contribution in [1.29, 1.82) is 0 Å². The monoisotopic (exact) mass is 414 g/mol. The minimum Gasteiger partial charge on any atom is -0.352 e. The van der Waals surface area contributed by atoms with Crippen LogP contribution in [0.2, 0.25) is 0 Å². The molecule has 1 heterocycles. The van der Waals surface area contributed by atoms with Gasteiger partial charge in [-0.25, -0.2) is 4.39 Å². The van der Waals surface area contributed by atoms with E-state index >= 15 is 0 Å². The van der Waals surface area contributed by atoms with Crippen molar-refractivity contribution in [3.63, 3.8) is 0 Å². The summed E-state index contributed by atoms with van der Waals surface area (Å²) >= 11 is 6.51. The number of benzene rings is 2. The molecular formula is C21H19FN2O2S2. The first-order valence-corrected chi connectivity index (χ1v) is 10.1. The fourth-order valence-corrected chi connectivity index (χ4v) is 3.99. The zero-order valence-corrected chi connectivity index (χ0v) is 16.7. The summed E-state index contributed by atoms with van der Waals surface area (Å²) in [5.41, 5.74) is 1.78. The van der Waals surface area contributed by atoms with Gasteiger partial charge in [-0.1, -0.05) is 66.4 Å². The van der Waals surface area contributed by atoms with Gasteiger partial charge in [-0.3, -0.25) is 14.5 Å². The first-order chi connectivity index (χ1) is 13.5. The summed E-state index contributed by atoms with van der Waals surface area (Å²) in [6.45, 7) is 0.880. The van der Waals surface area contributed by atoms with Crippen LogP contribution in [0.5, 0.6) is 0 Å². The zero-order chi connectivity index (χ0) is 19.9. The first-order valence-electron chi connectivity index (χ1n) is 8.84. The van der Waals surface area contributed by atoms with E-state index in [0.29, 0.717) is 35.2 Å². The molecule has 4 nitrogen and oxygen atoms in total. The van der Waals surface area contributed by atoms with E-state index in [9.17, 15) is 14.0 Å². The van der Waals surface area contributed by atoms with Crippen molar-refractivity contribution in [3.8, 4) is 0 Å². The zero-order valence-electron chi connectivity index (χ0n) is 15.1. The maximum atomic E-state index is 13.0. The van der Waals surface area contributed by atoms with Crippen molar-refractivity contribution >= 4 is 46.2 Å². The highest BCUT2D eigenvalue weighted by atomic mass is 32.2. The summed E-state index contributed by atoms with van der Waals surface area (Å²) in [6.07, 6.45) is 2.54. The Morgan fingerprint density at radius 3 is 2.57 bits per heavy atom. The van der Waals surface area contributed by atoms with Gasteiger partial charge >= 0.3 is 0 Å². The van der Waals surface area contributed by atoms with Crippen LogP contribution in [-0.2, 0) is 16.1 Å². The van der Waals surface area contributed by atoms with Gasteiger partial charge in [0.1, 0.15) is 10.1 Å². The predicted molar refractivity (Wildman–Crippen MR) is 114 cm³/mol. The molecule has 2 aromatic rings. The fourth-order valence-electron chi connectivity index (χ4n) is 2.69. The van der Waals surface area contributed by atoms with Gasteiger partial charge in [-0.15, -0.1) is 0 Å². The minimum absolute atomic E-state index is 0.0591. The molecule has 1 fully saturated rings. The Kier molecular flexibility index (Phi) is 6.95. The number of rotatable bonds is 7. The van der Waals surface area contributed by atoms with Crippen molar-refractivity contribution in [3.05, 3.63) is 76.4 Å². The smallest absolute Gasteiger partial charge is 0.266 e. The molecule has 1 saturated heterocycles. The van der Waals surface area contributed by atoms with Gasteiger partial charge in [0, 0.05) is 19.5 Å². The lowest BCUT2D eigenvalue weighted by Crippen LogP contribution is -2.30. The summed E-state index contributed by atoms with van der Waals surface area (Å²) in [5.74, 6) is -0.560. The van der Waals surface area contributed by atoms with Gasteiger partial charge < -0.3 is 5.32 Å². The predicted octanol–water partition coefficient (Wildman–Crippen LogP) is 4.12. The summed E-state index contributed by atoms with van der Waals surface area (Å²) in [7, 11) is 0. The maximum absolute atomic E-state index is 13.0. The molecular weight excluding hydrogens is 395 g/mol. The number of carbonyl (C=O) groups excluding carboxylic acids is 2. The molecule has 1 N–H and O–H groups in total. The van der Waals surface area contributed by atoms with E-state index in [2.05, 4.69) is 5.32 Å². The Labute approximate surface area is 172 Å². The van der Waals surface area contributed by atoms with Crippen LogP contribution in [0, 0.1) is 5.82 Å². The van der Waals surface area contributed by atoms with Crippen LogP contribution >= 0.6 is 24.0 Å². The van der Waals surface area contributed by atoms with Crippen LogP contribution in [0.15, 0.2) is 59.5 Å². The molecule has 2 amide bonds. The summed E-state index contributed by atoms with van der Waals surface area (Å²) in [6, 6.07) is 15.6. The average molecular weight is 415 g/mol. The Bertz CT molecular complexity index is 898. The number of amides is 2. The van der Waals surface area contributed by atoms with Crippen molar-refractivity contribution in [2.75, 3.05) is 6.54 Å². The highest BCUT2D eigenvalue weighted by Gasteiger charge is 2.31. The number of nitrogens with zero attached hydrogens (tertiary/aromatic N) is 1.